The second-order valence-corrected chi connectivity index (χ2v) is 12.5. The van der Waals surface area contributed by atoms with Crippen LogP contribution in [-0.2, 0) is 6.54 Å². The van der Waals surface area contributed by atoms with Crippen molar-refractivity contribution in [3.8, 4) is 16.8 Å². The molecule has 0 saturated heterocycles. The van der Waals surface area contributed by atoms with Gasteiger partial charge >= 0.3 is 0 Å². The Hall–Kier alpha value is -6.85. The zero-order chi connectivity index (χ0) is 34.1. The molecule has 242 valence electrons. The Morgan fingerprint density at radius 3 is 1.76 bits per heavy atom. The number of hydrogen-bond donors (Lipinski definition) is 0. The van der Waals surface area contributed by atoms with Crippen LogP contribution in [0.15, 0.2) is 189 Å². The fourth-order valence-electron chi connectivity index (χ4n) is 7.01. The Balaban J connectivity index is 1.15. The quantitative estimate of drug-likeness (QED) is 0.130. The molecule has 0 unspecified atom stereocenters. The molecular weight excluding hydrogens is 625 g/mol. The fourth-order valence-corrected chi connectivity index (χ4v) is 7.01. The van der Waals surface area contributed by atoms with E-state index in [9.17, 15) is 0 Å². The molecule has 0 aliphatic heterocycles. The van der Waals surface area contributed by atoms with Gasteiger partial charge in [0.05, 0.1) is 23.3 Å². The van der Waals surface area contributed by atoms with Gasteiger partial charge in [-0.25, -0.2) is 9.98 Å². The van der Waals surface area contributed by atoms with E-state index in [2.05, 4.69) is 138 Å². The summed E-state index contributed by atoms with van der Waals surface area (Å²) >= 11 is 0. The summed E-state index contributed by atoms with van der Waals surface area (Å²) in [5.74, 6) is 1.12. The van der Waals surface area contributed by atoms with Crippen molar-refractivity contribution < 1.29 is 4.42 Å². The van der Waals surface area contributed by atoms with Crippen LogP contribution in [-0.4, -0.2) is 23.0 Å². The molecule has 7 aromatic carbocycles. The van der Waals surface area contributed by atoms with Gasteiger partial charge in [-0.3, -0.25) is 4.99 Å². The van der Waals surface area contributed by atoms with E-state index >= 15 is 0 Å². The van der Waals surface area contributed by atoms with Crippen LogP contribution in [0.3, 0.4) is 0 Å². The predicted octanol–water partition coefficient (Wildman–Crippen LogP) is 11.4. The van der Waals surface area contributed by atoms with Gasteiger partial charge < -0.3 is 8.98 Å². The van der Waals surface area contributed by atoms with Gasteiger partial charge in [0.15, 0.2) is 17.3 Å². The van der Waals surface area contributed by atoms with Gasteiger partial charge in [0.25, 0.3) is 0 Å². The molecule has 0 spiro atoms. The van der Waals surface area contributed by atoms with Crippen molar-refractivity contribution in [2.45, 2.75) is 6.54 Å². The fraction of sp³-hybridized carbons (Fsp3) is 0.0217. The summed E-state index contributed by atoms with van der Waals surface area (Å²) in [4.78, 5) is 14.1. The summed E-state index contributed by atoms with van der Waals surface area (Å²) in [6.07, 6.45) is 0. The monoisotopic (exact) mass is 656 g/mol. The molecule has 0 radical (unpaired) electrons. The Bertz CT molecular complexity index is 2720. The maximum Gasteiger partial charge on any atom is 0.161 e. The second-order valence-electron chi connectivity index (χ2n) is 12.5. The van der Waals surface area contributed by atoms with Crippen LogP contribution in [0.25, 0.3) is 60.6 Å². The lowest BCUT2D eigenvalue weighted by Crippen LogP contribution is -2.05. The number of furan rings is 1. The first-order valence-corrected chi connectivity index (χ1v) is 17.0. The van der Waals surface area contributed by atoms with Gasteiger partial charge in [0.2, 0.25) is 0 Å². The molecule has 9 aromatic rings. The lowest BCUT2D eigenvalue weighted by Gasteiger charge is -2.08. The third-order valence-electron chi connectivity index (χ3n) is 9.43. The van der Waals surface area contributed by atoms with E-state index < -0.39 is 0 Å². The van der Waals surface area contributed by atoms with Crippen LogP contribution in [0.1, 0.15) is 16.7 Å². The number of rotatable bonds is 6. The Kier molecular flexibility index (Phi) is 7.63. The number of fused-ring (bicyclic) bond motifs is 6. The highest BCUT2D eigenvalue weighted by atomic mass is 16.3. The summed E-state index contributed by atoms with van der Waals surface area (Å²) in [5, 5.41) is 4.60. The van der Waals surface area contributed by atoms with Gasteiger partial charge in [0.1, 0.15) is 5.58 Å². The van der Waals surface area contributed by atoms with Gasteiger partial charge in [-0.2, -0.15) is 0 Å². The minimum Gasteiger partial charge on any atom is -0.453 e. The first-order chi connectivity index (χ1) is 25.3. The zero-order valence-electron chi connectivity index (χ0n) is 27.8. The largest absolute Gasteiger partial charge is 0.453 e. The van der Waals surface area contributed by atoms with Gasteiger partial charge in [-0.05, 0) is 36.0 Å². The molecule has 2 heterocycles. The van der Waals surface area contributed by atoms with Gasteiger partial charge in [-0.15, -0.1) is 0 Å². The van der Waals surface area contributed by atoms with Gasteiger partial charge in [0, 0.05) is 38.2 Å². The zero-order valence-corrected chi connectivity index (χ0v) is 27.8. The molecule has 5 nitrogen and oxygen atoms in total. The Morgan fingerprint density at radius 2 is 1.08 bits per heavy atom. The standard InChI is InChI=1S/C46H32N4O/c1-47-45(33-16-6-3-7-17-33)49-46(48-30-31-14-4-2-5-15-31)34-28-26-32(27-29-34)35-20-12-21-38-39-22-13-25-42(44(39)51-43(35)38)50-40-23-10-8-18-36(40)37-19-9-11-24-41(37)50/h2-29H,1,30H2/b48-46-,49-45-. The molecule has 2 aromatic heterocycles. The molecule has 0 aliphatic carbocycles. The Morgan fingerprint density at radius 1 is 0.510 bits per heavy atom. The first kappa shape index (κ1) is 30.2. The topological polar surface area (TPSA) is 55.1 Å². The van der Waals surface area contributed by atoms with E-state index in [0.717, 1.165) is 66.5 Å². The highest BCUT2D eigenvalue weighted by molar-refractivity contribution is 6.15. The molecule has 0 aliphatic rings. The van der Waals surface area contributed by atoms with E-state index in [1.54, 1.807) is 0 Å². The SMILES string of the molecule is C=N/C(=N\C(=N/Cc1ccccc1)c1ccc(-c2cccc3c2oc2c(-n4c5ccccc5c5ccccc54)cccc23)cc1)c1ccccc1. The smallest absolute Gasteiger partial charge is 0.161 e. The molecule has 0 N–H and O–H groups in total. The van der Waals surface area contributed by atoms with Crippen molar-refractivity contribution in [3.05, 3.63) is 187 Å². The highest BCUT2D eigenvalue weighted by Crippen LogP contribution is 2.40. The molecular formula is C46H32N4O. The third-order valence-corrected chi connectivity index (χ3v) is 9.43. The van der Waals surface area contributed by atoms with Crippen LogP contribution in [0, 0.1) is 0 Å². The molecule has 0 fully saturated rings. The summed E-state index contributed by atoms with van der Waals surface area (Å²) in [6, 6.07) is 58.3. The molecule has 0 bridgehead atoms. The number of amidine groups is 2. The third kappa shape index (κ3) is 5.42. The highest BCUT2D eigenvalue weighted by Gasteiger charge is 2.19. The first-order valence-electron chi connectivity index (χ1n) is 17.0. The molecule has 9 rings (SSSR count). The average molecular weight is 657 g/mol. The predicted molar refractivity (Wildman–Crippen MR) is 213 cm³/mol. The van der Waals surface area contributed by atoms with E-state index in [1.807, 2.05) is 48.5 Å². The lowest BCUT2D eigenvalue weighted by molar-refractivity contribution is 0.667. The van der Waals surface area contributed by atoms with Crippen molar-refractivity contribution >= 4 is 62.1 Å². The van der Waals surface area contributed by atoms with Crippen LogP contribution >= 0.6 is 0 Å². The van der Waals surface area contributed by atoms with Crippen LogP contribution in [0.4, 0.5) is 0 Å². The lowest BCUT2D eigenvalue weighted by atomic mass is 10.0. The molecule has 0 atom stereocenters. The minimum absolute atomic E-state index is 0.493. The second kappa shape index (κ2) is 12.9. The van der Waals surface area contributed by atoms with Crippen LogP contribution < -0.4 is 0 Å². The van der Waals surface area contributed by atoms with E-state index in [4.69, 9.17) is 14.4 Å². The van der Waals surface area contributed by atoms with Crippen molar-refractivity contribution in [1.29, 1.82) is 0 Å². The van der Waals surface area contributed by atoms with Crippen LogP contribution in [0.2, 0.25) is 0 Å². The average Bonchev–Trinajstić information content (AvgIpc) is 3.75. The number of benzene rings is 7. The molecule has 5 heteroatoms. The van der Waals surface area contributed by atoms with Crippen molar-refractivity contribution in [3.63, 3.8) is 0 Å². The maximum atomic E-state index is 6.89. The number of aliphatic imine (C=N–C) groups is 3. The maximum absolute atomic E-state index is 6.89. The summed E-state index contributed by atoms with van der Waals surface area (Å²) in [5.41, 5.74) is 9.96. The molecule has 51 heavy (non-hydrogen) atoms. The number of hydrogen-bond acceptors (Lipinski definition) is 2. The normalized spacial score (nSPS) is 12.3. The number of para-hydroxylation sites is 4. The molecule has 0 saturated carbocycles. The van der Waals surface area contributed by atoms with Crippen molar-refractivity contribution in [2.75, 3.05) is 0 Å². The van der Waals surface area contributed by atoms with E-state index in [-0.39, 0.29) is 0 Å². The number of nitrogens with zero attached hydrogens (tertiary/aromatic N) is 4. The summed E-state index contributed by atoms with van der Waals surface area (Å²) in [6.45, 7) is 4.30. The molecule has 0 amide bonds. The van der Waals surface area contributed by atoms with Crippen molar-refractivity contribution in [1.82, 2.24) is 4.57 Å². The summed E-state index contributed by atoms with van der Waals surface area (Å²) < 4.78 is 9.21. The van der Waals surface area contributed by atoms with Crippen molar-refractivity contribution in [2.24, 2.45) is 15.0 Å². The summed E-state index contributed by atoms with van der Waals surface area (Å²) in [7, 11) is 0. The minimum atomic E-state index is 0.493. The van der Waals surface area contributed by atoms with E-state index in [1.165, 1.54) is 10.8 Å². The van der Waals surface area contributed by atoms with Crippen LogP contribution in [0.5, 0.6) is 0 Å². The Labute approximate surface area is 295 Å². The van der Waals surface area contributed by atoms with Gasteiger partial charge in [-0.1, -0.05) is 152 Å². The van der Waals surface area contributed by atoms with E-state index in [0.29, 0.717) is 18.2 Å². The number of aromatic nitrogens is 1.